The van der Waals surface area contributed by atoms with Crippen molar-refractivity contribution in [3.8, 4) is 0 Å². The highest BCUT2D eigenvalue weighted by Crippen LogP contribution is 2.25. The van der Waals surface area contributed by atoms with Gasteiger partial charge in [0.15, 0.2) is 4.34 Å². The number of hydrogen-bond acceptors (Lipinski definition) is 6. The van der Waals surface area contributed by atoms with Gasteiger partial charge in [0.05, 0.1) is 0 Å². The van der Waals surface area contributed by atoms with Crippen molar-refractivity contribution >= 4 is 40.0 Å². The number of anilines is 1. The third kappa shape index (κ3) is 5.04. The zero-order chi connectivity index (χ0) is 17.5. The molecule has 0 fully saturated rings. The molecular weight excluding hydrogens is 344 g/mol. The van der Waals surface area contributed by atoms with E-state index in [-0.39, 0.29) is 17.7 Å². The van der Waals surface area contributed by atoms with Gasteiger partial charge in [0, 0.05) is 5.56 Å². The molecular formula is C16H20N4O2S2. The van der Waals surface area contributed by atoms with Gasteiger partial charge in [0.2, 0.25) is 11.0 Å². The zero-order valence-corrected chi connectivity index (χ0v) is 15.4. The molecule has 0 radical (unpaired) electrons. The van der Waals surface area contributed by atoms with E-state index < -0.39 is 6.04 Å². The predicted octanol–water partition coefficient (Wildman–Crippen LogP) is 3.04. The van der Waals surface area contributed by atoms with Gasteiger partial charge >= 0.3 is 0 Å². The van der Waals surface area contributed by atoms with Crippen LogP contribution >= 0.6 is 23.1 Å². The number of carbonyl (C=O) groups is 2. The number of carbonyl (C=O) groups excluding carboxylic acids is 2. The van der Waals surface area contributed by atoms with Crippen LogP contribution in [0.4, 0.5) is 5.13 Å². The first-order chi connectivity index (χ1) is 11.5. The Morgan fingerprint density at radius 3 is 2.54 bits per heavy atom. The van der Waals surface area contributed by atoms with Gasteiger partial charge in [0.25, 0.3) is 5.91 Å². The van der Waals surface area contributed by atoms with Crippen LogP contribution < -0.4 is 10.6 Å². The third-order valence-corrected chi connectivity index (χ3v) is 5.03. The normalized spacial score (nSPS) is 12.0. The Balaban J connectivity index is 2.03. The highest BCUT2D eigenvalue weighted by Gasteiger charge is 2.25. The molecule has 8 heteroatoms. The maximum Gasteiger partial charge on any atom is 0.251 e. The van der Waals surface area contributed by atoms with Crippen molar-refractivity contribution in [3.63, 3.8) is 0 Å². The molecule has 0 aliphatic rings. The number of thioether (sulfide) groups is 1. The van der Waals surface area contributed by atoms with E-state index in [1.54, 1.807) is 36.0 Å². The molecule has 2 rings (SSSR count). The third-order valence-electron chi connectivity index (χ3n) is 3.18. The molecule has 1 unspecified atom stereocenters. The minimum atomic E-state index is -0.649. The Morgan fingerprint density at radius 1 is 1.21 bits per heavy atom. The van der Waals surface area contributed by atoms with E-state index in [2.05, 4.69) is 20.8 Å². The molecule has 1 atom stereocenters. The lowest BCUT2D eigenvalue weighted by molar-refractivity contribution is -0.118. The smallest absolute Gasteiger partial charge is 0.251 e. The van der Waals surface area contributed by atoms with Gasteiger partial charge in [-0.15, -0.1) is 10.2 Å². The minimum Gasteiger partial charge on any atom is -0.340 e. The topological polar surface area (TPSA) is 84.0 Å². The Bertz CT molecular complexity index is 688. The van der Waals surface area contributed by atoms with Crippen LogP contribution in [0.25, 0.3) is 0 Å². The molecule has 2 amide bonds. The van der Waals surface area contributed by atoms with Crippen LogP contribution in [0.5, 0.6) is 0 Å². The molecule has 1 heterocycles. The lowest BCUT2D eigenvalue weighted by Gasteiger charge is -2.21. The van der Waals surface area contributed by atoms with Crippen molar-refractivity contribution in [1.82, 2.24) is 15.5 Å². The number of amides is 2. The highest BCUT2D eigenvalue weighted by molar-refractivity contribution is 8.01. The van der Waals surface area contributed by atoms with Gasteiger partial charge in [0.1, 0.15) is 6.04 Å². The molecule has 1 aromatic heterocycles. The average molecular weight is 364 g/mol. The molecule has 0 saturated carbocycles. The average Bonchev–Trinajstić information content (AvgIpc) is 3.00. The van der Waals surface area contributed by atoms with Gasteiger partial charge in [-0.2, -0.15) is 0 Å². The maximum atomic E-state index is 12.5. The summed E-state index contributed by atoms with van der Waals surface area (Å²) in [7, 11) is 0. The van der Waals surface area contributed by atoms with Crippen molar-refractivity contribution in [2.24, 2.45) is 5.92 Å². The van der Waals surface area contributed by atoms with E-state index in [4.69, 9.17) is 0 Å². The zero-order valence-electron chi connectivity index (χ0n) is 13.8. The van der Waals surface area contributed by atoms with Gasteiger partial charge in [-0.05, 0) is 23.8 Å². The molecule has 0 aliphatic carbocycles. The number of benzene rings is 1. The number of nitrogens with one attached hydrogen (secondary N) is 2. The van der Waals surface area contributed by atoms with Crippen molar-refractivity contribution < 1.29 is 9.59 Å². The summed E-state index contributed by atoms with van der Waals surface area (Å²) in [6.07, 6.45) is 0. The Morgan fingerprint density at radius 2 is 1.92 bits per heavy atom. The molecule has 0 spiro atoms. The maximum absolute atomic E-state index is 12.5. The van der Waals surface area contributed by atoms with Gasteiger partial charge in [-0.25, -0.2) is 0 Å². The quantitative estimate of drug-likeness (QED) is 0.583. The molecule has 2 aromatic rings. The SMILES string of the molecule is CCSc1nnc(NC(=O)C(NC(=O)c2ccccc2)C(C)C)s1. The van der Waals surface area contributed by atoms with Gasteiger partial charge in [-0.1, -0.05) is 62.1 Å². The van der Waals surface area contributed by atoms with Crippen molar-refractivity contribution in [2.75, 3.05) is 11.1 Å². The molecule has 0 saturated heterocycles. The van der Waals surface area contributed by atoms with Gasteiger partial charge < -0.3 is 5.32 Å². The minimum absolute atomic E-state index is 0.0601. The van der Waals surface area contributed by atoms with Crippen molar-refractivity contribution in [2.45, 2.75) is 31.2 Å². The van der Waals surface area contributed by atoms with Crippen LogP contribution in [0.2, 0.25) is 0 Å². The van der Waals surface area contributed by atoms with Crippen LogP contribution in [-0.2, 0) is 4.79 Å². The molecule has 128 valence electrons. The summed E-state index contributed by atoms with van der Waals surface area (Å²) in [5, 5.41) is 13.9. The first kappa shape index (κ1) is 18.4. The lowest BCUT2D eigenvalue weighted by Crippen LogP contribution is -2.47. The summed E-state index contributed by atoms with van der Waals surface area (Å²) >= 11 is 2.90. The summed E-state index contributed by atoms with van der Waals surface area (Å²) < 4.78 is 0.808. The van der Waals surface area contributed by atoms with E-state index in [1.807, 2.05) is 26.8 Å². The summed E-state index contributed by atoms with van der Waals surface area (Å²) in [5.74, 6) is 0.266. The first-order valence-corrected chi connectivity index (χ1v) is 9.44. The molecule has 6 nitrogen and oxygen atoms in total. The number of aromatic nitrogens is 2. The van der Waals surface area contributed by atoms with E-state index in [9.17, 15) is 9.59 Å². The highest BCUT2D eigenvalue weighted by atomic mass is 32.2. The monoisotopic (exact) mass is 364 g/mol. The number of nitrogens with zero attached hydrogens (tertiary/aromatic N) is 2. The predicted molar refractivity (Wildman–Crippen MR) is 97.5 cm³/mol. The van der Waals surface area contributed by atoms with E-state index in [1.165, 1.54) is 11.3 Å². The standard InChI is InChI=1S/C16H20N4O2S2/c1-4-23-16-20-19-15(24-16)18-14(22)12(10(2)3)17-13(21)11-8-6-5-7-9-11/h5-10,12H,4H2,1-3H3,(H,17,21)(H,18,19,22). The first-order valence-electron chi connectivity index (χ1n) is 7.64. The fourth-order valence-electron chi connectivity index (χ4n) is 1.97. The Hall–Kier alpha value is -1.93. The fourth-order valence-corrected chi connectivity index (χ4v) is 3.63. The molecule has 0 bridgehead atoms. The molecule has 24 heavy (non-hydrogen) atoms. The van der Waals surface area contributed by atoms with E-state index in [0.29, 0.717) is 10.7 Å². The lowest BCUT2D eigenvalue weighted by atomic mass is 10.0. The van der Waals surface area contributed by atoms with Crippen LogP contribution in [0.15, 0.2) is 34.7 Å². The van der Waals surface area contributed by atoms with Crippen LogP contribution in [-0.4, -0.2) is 33.8 Å². The second-order valence-electron chi connectivity index (χ2n) is 5.36. The largest absolute Gasteiger partial charge is 0.340 e. The van der Waals surface area contributed by atoms with Crippen molar-refractivity contribution in [1.29, 1.82) is 0 Å². The Labute approximate surface area is 149 Å². The Kier molecular flexibility index (Phi) is 6.74. The van der Waals surface area contributed by atoms with E-state index >= 15 is 0 Å². The van der Waals surface area contributed by atoms with Crippen LogP contribution in [0.1, 0.15) is 31.1 Å². The van der Waals surface area contributed by atoms with Crippen LogP contribution in [0.3, 0.4) is 0 Å². The molecule has 0 aliphatic heterocycles. The summed E-state index contributed by atoms with van der Waals surface area (Å²) in [6, 6.07) is 8.18. The number of rotatable bonds is 7. The summed E-state index contributed by atoms with van der Waals surface area (Å²) in [5.41, 5.74) is 0.522. The second-order valence-corrected chi connectivity index (χ2v) is 7.85. The molecule has 1 aromatic carbocycles. The van der Waals surface area contributed by atoms with E-state index in [0.717, 1.165) is 10.1 Å². The van der Waals surface area contributed by atoms with Gasteiger partial charge in [-0.3, -0.25) is 14.9 Å². The van der Waals surface area contributed by atoms with Crippen LogP contribution in [0, 0.1) is 5.92 Å². The van der Waals surface area contributed by atoms with Crippen molar-refractivity contribution in [3.05, 3.63) is 35.9 Å². The summed E-state index contributed by atoms with van der Waals surface area (Å²) in [6.45, 7) is 5.79. The fraction of sp³-hybridized carbons (Fsp3) is 0.375. The second kappa shape index (κ2) is 8.79. The molecule has 2 N–H and O–H groups in total. The summed E-state index contributed by atoms with van der Waals surface area (Å²) in [4.78, 5) is 24.8. The number of hydrogen-bond donors (Lipinski definition) is 2.